The number of halogens is 1. The van der Waals surface area contributed by atoms with E-state index in [9.17, 15) is 4.39 Å². The highest BCUT2D eigenvalue weighted by atomic mass is 19.1. The third-order valence-electron chi connectivity index (χ3n) is 3.45. The number of aromatic amines is 1. The molecule has 1 fully saturated rings. The number of aromatic nitrogens is 2. The van der Waals surface area contributed by atoms with Gasteiger partial charge in [-0.15, -0.1) is 0 Å². The van der Waals surface area contributed by atoms with E-state index < -0.39 is 0 Å². The third-order valence-corrected chi connectivity index (χ3v) is 3.45. The summed E-state index contributed by atoms with van der Waals surface area (Å²) in [7, 11) is 0. The number of nitrogens with zero attached hydrogens (tertiary/aromatic N) is 2. The van der Waals surface area contributed by atoms with Gasteiger partial charge in [-0.1, -0.05) is 0 Å². The fourth-order valence-electron chi connectivity index (χ4n) is 2.34. The van der Waals surface area contributed by atoms with Crippen molar-refractivity contribution in [3.8, 4) is 0 Å². The van der Waals surface area contributed by atoms with Crippen molar-refractivity contribution in [2.45, 2.75) is 13.0 Å². The molecule has 0 aliphatic carbocycles. The third kappa shape index (κ3) is 2.11. The summed E-state index contributed by atoms with van der Waals surface area (Å²) >= 11 is 0. The largest absolute Gasteiger partial charge is 0.379 e. The predicted molar refractivity (Wildman–Crippen MR) is 66.9 cm³/mol. The van der Waals surface area contributed by atoms with Crippen LogP contribution in [0.15, 0.2) is 18.2 Å². The summed E-state index contributed by atoms with van der Waals surface area (Å²) in [6.45, 7) is 5.46. The molecule has 4 nitrogen and oxygen atoms in total. The zero-order chi connectivity index (χ0) is 12.5. The van der Waals surface area contributed by atoms with Crippen LogP contribution in [-0.4, -0.2) is 41.2 Å². The minimum atomic E-state index is -0.239. The average molecular weight is 249 g/mol. The van der Waals surface area contributed by atoms with Crippen molar-refractivity contribution >= 4 is 11.0 Å². The smallest absolute Gasteiger partial charge is 0.125 e. The molecule has 3 rings (SSSR count). The van der Waals surface area contributed by atoms with Crippen LogP contribution in [0.2, 0.25) is 0 Å². The monoisotopic (exact) mass is 249 g/mol. The molecule has 1 saturated heterocycles. The lowest BCUT2D eigenvalue weighted by molar-refractivity contribution is 0.0184. The SMILES string of the molecule is CC(c1nc2ccc(F)cc2[nH]1)N1CCOCC1. The van der Waals surface area contributed by atoms with Gasteiger partial charge in [0.25, 0.3) is 0 Å². The van der Waals surface area contributed by atoms with Gasteiger partial charge in [-0.3, -0.25) is 4.90 Å². The van der Waals surface area contributed by atoms with E-state index in [0.29, 0.717) is 0 Å². The normalized spacial score (nSPS) is 19.2. The molecule has 1 N–H and O–H groups in total. The van der Waals surface area contributed by atoms with Gasteiger partial charge < -0.3 is 9.72 Å². The quantitative estimate of drug-likeness (QED) is 0.886. The van der Waals surface area contributed by atoms with Crippen molar-refractivity contribution in [3.05, 3.63) is 29.8 Å². The molecule has 0 bridgehead atoms. The number of rotatable bonds is 2. The lowest BCUT2D eigenvalue weighted by Gasteiger charge is -2.31. The Morgan fingerprint density at radius 3 is 2.94 bits per heavy atom. The Kier molecular flexibility index (Phi) is 3.01. The molecule has 2 heterocycles. The zero-order valence-electron chi connectivity index (χ0n) is 10.3. The molecule has 1 unspecified atom stereocenters. The van der Waals surface area contributed by atoms with E-state index in [1.165, 1.54) is 12.1 Å². The first-order valence-electron chi connectivity index (χ1n) is 6.21. The van der Waals surface area contributed by atoms with Crippen LogP contribution in [0.4, 0.5) is 4.39 Å². The molecule has 2 aromatic rings. The fourth-order valence-corrected chi connectivity index (χ4v) is 2.34. The lowest BCUT2D eigenvalue weighted by atomic mass is 10.2. The molecule has 96 valence electrons. The standard InChI is InChI=1S/C13H16FN3O/c1-9(17-4-6-18-7-5-17)13-15-11-3-2-10(14)8-12(11)16-13/h2-3,8-9H,4-7H2,1H3,(H,15,16). The Hall–Kier alpha value is -1.46. The molecule has 0 spiro atoms. The molecule has 1 aliphatic rings. The van der Waals surface area contributed by atoms with Gasteiger partial charge in [0.2, 0.25) is 0 Å². The van der Waals surface area contributed by atoms with Crippen molar-refractivity contribution in [2.24, 2.45) is 0 Å². The van der Waals surface area contributed by atoms with Gasteiger partial charge in [0.15, 0.2) is 0 Å². The van der Waals surface area contributed by atoms with Crippen molar-refractivity contribution in [1.29, 1.82) is 0 Å². The summed E-state index contributed by atoms with van der Waals surface area (Å²) in [4.78, 5) is 10.0. The first kappa shape index (κ1) is 11.6. The molecule has 0 saturated carbocycles. The van der Waals surface area contributed by atoms with E-state index in [2.05, 4.69) is 21.8 Å². The molecule has 0 radical (unpaired) electrons. The van der Waals surface area contributed by atoms with Crippen LogP contribution < -0.4 is 0 Å². The highest BCUT2D eigenvalue weighted by Crippen LogP contribution is 2.22. The average Bonchev–Trinajstić information content (AvgIpc) is 2.81. The number of nitrogens with one attached hydrogen (secondary N) is 1. The zero-order valence-corrected chi connectivity index (χ0v) is 10.3. The Morgan fingerprint density at radius 1 is 1.39 bits per heavy atom. The van der Waals surface area contributed by atoms with E-state index in [0.717, 1.165) is 43.2 Å². The molecule has 0 amide bonds. The Balaban J connectivity index is 1.88. The number of imidazole rings is 1. The lowest BCUT2D eigenvalue weighted by Crippen LogP contribution is -2.38. The number of fused-ring (bicyclic) bond motifs is 1. The number of ether oxygens (including phenoxy) is 1. The van der Waals surface area contributed by atoms with E-state index in [1.54, 1.807) is 6.07 Å². The van der Waals surface area contributed by atoms with E-state index in [1.807, 2.05) is 0 Å². The maximum Gasteiger partial charge on any atom is 0.125 e. The van der Waals surface area contributed by atoms with Crippen LogP contribution in [0.3, 0.4) is 0 Å². The number of H-pyrrole nitrogens is 1. The highest BCUT2D eigenvalue weighted by Gasteiger charge is 2.21. The number of hydrogen-bond acceptors (Lipinski definition) is 3. The van der Waals surface area contributed by atoms with Crippen molar-refractivity contribution in [2.75, 3.05) is 26.3 Å². The van der Waals surface area contributed by atoms with Crippen LogP contribution >= 0.6 is 0 Å². The summed E-state index contributed by atoms with van der Waals surface area (Å²) in [5.41, 5.74) is 1.57. The second kappa shape index (κ2) is 4.66. The molecule has 1 atom stereocenters. The Bertz CT molecular complexity index is 548. The molecular formula is C13H16FN3O. The van der Waals surface area contributed by atoms with Gasteiger partial charge in [0, 0.05) is 13.1 Å². The minimum absolute atomic E-state index is 0.198. The maximum absolute atomic E-state index is 13.1. The molecule has 5 heteroatoms. The predicted octanol–water partition coefficient (Wildman–Crippen LogP) is 2.10. The Labute approximate surface area is 105 Å². The summed E-state index contributed by atoms with van der Waals surface area (Å²) in [6.07, 6.45) is 0. The van der Waals surface area contributed by atoms with Gasteiger partial charge in [0.1, 0.15) is 11.6 Å². The topological polar surface area (TPSA) is 41.2 Å². The molecule has 18 heavy (non-hydrogen) atoms. The second-order valence-electron chi connectivity index (χ2n) is 4.61. The first-order valence-corrected chi connectivity index (χ1v) is 6.21. The fraction of sp³-hybridized carbons (Fsp3) is 0.462. The summed E-state index contributed by atoms with van der Waals surface area (Å²) in [6, 6.07) is 4.82. The second-order valence-corrected chi connectivity index (χ2v) is 4.61. The van der Waals surface area contributed by atoms with Crippen LogP contribution in [-0.2, 0) is 4.74 Å². The summed E-state index contributed by atoms with van der Waals surface area (Å²) in [5.74, 6) is 0.647. The van der Waals surface area contributed by atoms with Crippen LogP contribution in [0.25, 0.3) is 11.0 Å². The van der Waals surface area contributed by atoms with Crippen LogP contribution in [0, 0.1) is 5.82 Å². The Morgan fingerprint density at radius 2 is 2.17 bits per heavy atom. The van der Waals surface area contributed by atoms with Crippen LogP contribution in [0.5, 0.6) is 0 Å². The maximum atomic E-state index is 13.1. The van der Waals surface area contributed by atoms with Gasteiger partial charge in [-0.05, 0) is 25.1 Å². The number of benzene rings is 1. The summed E-state index contributed by atoms with van der Waals surface area (Å²) in [5, 5.41) is 0. The summed E-state index contributed by atoms with van der Waals surface area (Å²) < 4.78 is 18.5. The van der Waals surface area contributed by atoms with Gasteiger partial charge >= 0.3 is 0 Å². The molecule has 1 aromatic carbocycles. The van der Waals surface area contributed by atoms with Gasteiger partial charge in [-0.25, -0.2) is 9.37 Å². The van der Waals surface area contributed by atoms with Crippen LogP contribution in [0.1, 0.15) is 18.8 Å². The highest BCUT2D eigenvalue weighted by molar-refractivity contribution is 5.75. The molecule has 1 aromatic heterocycles. The van der Waals surface area contributed by atoms with Crippen molar-refractivity contribution in [1.82, 2.24) is 14.9 Å². The van der Waals surface area contributed by atoms with E-state index in [-0.39, 0.29) is 11.9 Å². The van der Waals surface area contributed by atoms with E-state index >= 15 is 0 Å². The minimum Gasteiger partial charge on any atom is -0.379 e. The number of hydrogen-bond donors (Lipinski definition) is 1. The van der Waals surface area contributed by atoms with Crippen molar-refractivity contribution < 1.29 is 9.13 Å². The molecular weight excluding hydrogens is 233 g/mol. The van der Waals surface area contributed by atoms with Gasteiger partial charge in [0.05, 0.1) is 30.3 Å². The first-order chi connectivity index (χ1) is 8.74. The number of morpholine rings is 1. The van der Waals surface area contributed by atoms with Crippen molar-refractivity contribution in [3.63, 3.8) is 0 Å². The van der Waals surface area contributed by atoms with E-state index in [4.69, 9.17) is 4.74 Å². The molecule has 1 aliphatic heterocycles. The van der Waals surface area contributed by atoms with Gasteiger partial charge in [-0.2, -0.15) is 0 Å².